The van der Waals surface area contributed by atoms with Crippen LogP contribution in [0.3, 0.4) is 0 Å². The Labute approximate surface area is 80.1 Å². The van der Waals surface area contributed by atoms with E-state index in [-0.39, 0.29) is 0 Å². The lowest BCUT2D eigenvalue weighted by Crippen LogP contribution is -2.20. The van der Waals surface area contributed by atoms with Crippen molar-refractivity contribution in [2.75, 3.05) is 0 Å². The first-order chi connectivity index (χ1) is 6.42. The highest BCUT2D eigenvalue weighted by Gasteiger charge is 2.81. The first-order valence-electron chi connectivity index (χ1n) is 6.42. The lowest BCUT2D eigenvalue weighted by atomic mass is 9.80. The lowest BCUT2D eigenvalue weighted by Gasteiger charge is -2.25. The van der Waals surface area contributed by atoms with Gasteiger partial charge in [-0.1, -0.05) is 0 Å². The van der Waals surface area contributed by atoms with Gasteiger partial charge in [-0.25, -0.2) is 0 Å². The van der Waals surface area contributed by atoms with E-state index < -0.39 is 0 Å². The molecule has 0 saturated heterocycles. The number of hydrogen-bond acceptors (Lipinski definition) is 0. The summed E-state index contributed by atoms with van der Waals surface area (Å²) in [6.45, 7) is 0. The van der Waals surface area contributed by atoms with Gasteiger partial charge in [0.05, 0.1) is 0 Å². The van der Waals surface area contributed by atoms with Gasteiger partial charge in [0.1, 0.15) is 0 Å². The van der Waals surface area contributed by atoms with Crippen LogP contribution in [0.25, 0.3) is 0 Å². The fraction of sp³-hybridized carbons (Fsp3) is 1.00. The molecule has 0 aromatic carbocycles. The molecule has 5 aliphatic rings. The first-order valence-corrected chi connectivity index (χ1v) is 6.42. The fourth-order valence-corrected chi connectivity index (χ4v) is 6.01. The van der Waals surface area contributed by atoms with Crippen LogP contribution in [0, 0.1) is 40.9 Å². The molecular weight excluding hydrogens is 156 g/mol. The maximum Gasteiger partial charge on any atom is -0.0173 e. The van der Waals surface area contributed by atoms with E-state index in [2.05, 4.69) is 0 Å². The number of rotatable bonds is 0. The van der Waals surface area contributed by atoms with Crippen molar-refractivity contribution in [2.45, 2.75) is 38.5 Å². The molecule has 0 aromatic rings. The molecule has 0 aliphatic heterocycles. The highest BCUT2D eigenvalue weighted by molar-refractivity contribution is 5.29. The molecule has 13 heavy (non-hydrogen) atoms. The predicted octanol–water partition coefficient (Wildman–Crippen LogP) is 3.08. The highest BCUT2D eigenvalue weighted by atomic mass is 14.9. The molecule has 5 aliphatic carbocycles. The van der Waals surface area contributed by atoms with Gasteiger partial charge in [0.15, 0.2) is 0 Å². The third-order valence-electron chi connectivity index (χ3n) is 6.49. The Hall–Kier alpha value is 0. The van der Waals surface area contributed by atoms with E-state index in [4.69, 9.17) is 0 Å². The summed E-state index contributed by atoms with van der Waals surface area (Å²) >= 11 is 0. The molecule has 70 valence electrons. The van der Waals surface area contributed by atoms with Gasteiger partial charge in [0.2, 0.25) is 0 Å². The SMILES string of the molecule is C1CC2C3CCC4CC4C23C2CC12. The van der Waals surface area contributed by atoms with Gasteiger partial charge >= 0.3 is 0 Å². The Kier molecular flexibility index (Phi) is 0.804. The normalized spacial score (nSPS) is 75.7. The standard InChI is InChI=1S/C13H18/c1-3-9-10-4-2-8-6-12(8)13(9,10)11-5-7(1)11/h7-12H,1-6H2. The summed E-state index contributed by atoms with van der Waals surface area (Å²) in [6.07, 6.45) is 9.80. The third-order valence-corrected chi connectivity index (χ3v) is 6.49. The minimum absolute atomic E-state index is 1.01. The zero-order valence-electron chi connectivity index (χ0n) is 8.21. The van der Waals surface area contributed by atoms with Gasteiger partial charge in [-0.3, -0.25) is 0 Å². The van der Waals surface area contributed by atoms with Gasteiger partial charge in [0, 0.05) is 0 Å². The smallest absolute Gasteiger partial charge is 0.0173 e. The molecule has 0 bridgehead atoms. The summed E-state index contributed by atoms with van der Waals surface area (Å²) in [4.78, 5) is 0. The second kappa shape index (κ2) is 1.61. The molecule has 0 radical (unpaired) electrons. The molecule has 0 heteroatoms. The van der Waals surface area contributed by atoms with Crippen LogP contribution in [-0.4, -0.2) is 0 Å². The van der Waals surface area contributed by atoms with Gasteiger partial charge in [-0.05, 0) is 79.4 Å². The summed E-state index contributed by atoms with van der Waals surface area (Å²) in [5.74, 6) is 7.45. The maximum atomic E-state index is 1.65. The van der Waals surface area contributed by atoms with Crippen LogP contribution in [0.5, 0.6) is 0 Å². The van der Waals surface area contributed by atoms with E-state index in [0.717, 1.165) is 5.41 Å². The van der Waals surface area contributed by atoms with Crippen LogP contribution < -0.4 is 0 Å². The summed E-state index contributed by atoms with van der Waals surface area (Å²) in [5, 5.41) is 0. The Morgan fingerprint density at radius 2 is 1.15 bits per heavy atom. The van der Waals surface area contributed by atoms with Crippen molar-refractivity contribution in [3.8, 4) is 0 Å². The lowest BCUT2D eigenvalue weighted by molar-refractivity contribution is 0.228. The molecule has 0 heterocycles. The van der Waals surface area contributed by atoms with E-state index >= 15 is 0 Å². The van der Waals surface area contributed by atoms with E-state index in [1.807, 2.05) is 0 Å². The Balaban J connectivity index is 1.64. The molecule has 6 atom stereocenters. The molecular formula is C13H18. The van der Waals surface area contributed by atoms with Crippen LogP contribution in [0.15, 0.2) is 0 Å². The van der Waals surface area contributed by atoms with Gasteiger partial charge in [0.25, 0.3) is 0 Å². The molecule has 0 aromatic heterocycles. The van der Waals surface area contributed by atoms with Crippen LogP contribution in [-0.2, 0) is 0 Å². The molecule has 5 fully saturated rings. The average molecular weight is 174 g/mol. The van der Waals surface area contributed by atoms with E-state index in [1.165, 1.54) is 35.5 Å². The minimum Gasteiger partial charge on any atom is -0.0499 e. The Morgan fingerprint density at radius 3 is 1.69 bits per heavy atom. The molecule has 0 nitrogen and oxygen atoms in total. The summed E-state index contributed by atoms with van der Waals surface area (Å²) in [6, 6.07) is 0. The molecule has 1 spiro atoms. The fourth-order valence-electron chi connectivity index (χ4n) is 6.01. The monoisotopic (exact) mass is 174 g/mol. The molecule has 0 N–H and O–H groups in total. The second-order valence-corrected chi connectivity index (χ2v) is 6.57. The molecule has 0 amide bonds. The zero-order chi connectivity index (χ0) is 8.21. The van der Waals surface area contributed by atoms with E-state index in [1.54, 1.807) is 38.5 Å². The summed E-state index contributed by atoms with van der Waals surface area (Å²) < 4.78 is 0. The van der Waals surface area contributed by atoms with E-state index in [0.29, 0.717) is 0 Å². The predicted molar refractivity (Wildman–Crippen MR) is 51.1 cm³/mol. The number of fused-ring (bicyclic) bond motifs is 3. The van der Waals surface area contributed by atoms with Crippen molar-refractivity contribution in [3.63, 3.8) is 0 Å². The average Bonchev–Trinajstić information content (AvgIpc) is 3.00. The molecule has 6 unspecified atom stereocenters. The second-order valence-electron chi connectivity index (χ2n) is 6.57. The van der Waals surface area contributed by atoms with Crippen molar-refractivity contribution < 1.29 is 0 Å². The van der Waals surface area contributed by atoms with Gasteiger partial charge in [-0.2, -0.15) is 0 Å². The van der Waals surface area contributed by atoms with Gasteiger partial charge < -0.3 is 0 Å². The zero-order valence-corrected chi connectivity index (χ0v) is 8.21. The Morgan fingerprint density at radius 1 is 0.615 bits per heavy atom. The van der Waals surface area contributed by atoms with Crippen molar-refractivity contribution in [1.29, 1.82) is 0 Å². The van der Waals surface area contributed by atoms with E-state index in [9.17, 15) is 0 Å². The van der Waals surface area contributed by atoms with Crippen LogP contribution in [0.2, 0.25) is 0 Å². The van der Waals surface area contributed by atoms with Crippen molar-refractivity contribution in [3.05, 3.63) is 0 Å². The van der Waals surface area contributed by atoms with Crippen molar-refractivity contribution in [2.24, 2.45) is 40.9 Å². The summed E-state index contributed by atoms with van der Waals surface area (Å²) in [5.41, 5.74) is 1.01. The van der Waals surface area contributed by atoms with Crippen LogP contribution in [0.4, 0.5) is 0 Å². The molecule has 5 rings (SSSR count). The van der Waals surface area contributed by atoms with Crippen molar-refractivity contribution in [1.82, 2.24) is 0 Å². The Bertz CT molecular complexity index is 262. The quantitative estimate of drug-likeness (QED) is 0.529. The minimum atomic E-state index is 1.01. The van der Waals surface area contributed by atoms with Crippen LogP contribution >= 0.6 is 0 Å². The summed E-state index contributed by atoms with van der Waals surface area (Å²) in [7, 11) is 0. The van der Waals surface area contributed by atoms with Crippen LogP contribution in [0.1, 0.15) is 38.5 Å². The maximum absolute atomic E-state index is 1.65. The van der Waals surface area contributed by atoms with Crippen molar-refractivity contribution >= 4 is 0 Å². The topological polar surface area (TPSA) is 0 Å². The largest absolute Gasteiger partial charge is 0.0499 e. The first kappa shape index (κ1) is 6.48. The number of hydrogen-bond donors (Lipinski definition) is 0. The highest BCUT2D eigenvalue weighted by Crippen LogP contribution is 2.87. The third kappa shape index (κ3) is 0.521. The molecule has 5 saturated carbocycles. The van der Waals surface area contributed by atoms with Gasteiger partial charge in [-0.15, -0.1) is 0 Å².